The minimum Gasteiger partial charge on any atom is -0.375 e. The highest BCUT2D eigenvalue weighted by Gasteiger charge is 2.10. The zero-order valence-electron chi connectivity index (χ0n) is 10.4. The molecule has 0 saturated carbocycles. The molecule has 0 N–H and O–H groups in total. The molecule has 0 saturated heterocycles. The second-order valence-corrected chi connectivity index (χ2v) is 3.92. The first-order valence-corrected chi connectivity index (χ1v) is 5.88. The van der Waals surface area contributed by atoms with E-state index in [1.807, 2.05) is 6.07 Å². The highest BCUT2D eigenvalue weighted by Crippen LogP contribution is 2.18. The van der Waals surface area contributed by atoms with E-state index in [4.69, 9.17) is 14.5 Å². The van der Waals surface area contributed by atoms with Gasteiger partial charge in [0.05, 0.1) is 18.2 Å². The van der Waals surface area contributed by atoms with Crippen molar-refractivity contribution >= 4 is 0 Å². The van der Waals surface area contributed by atoms with Gasteiger partial charge in [0.15, 0.2) is 5.82 Å². The van der Waals surface area contributed by atoms with Crippen molar-refractivity contribution in [2.75, 3.05) is 13.2 Å². The van der Waals surface area contributed by atoms with Crippen molar-refractivity contribution in [3.8, 4) is 17.5 Å². The molecule has 1 aromatic heterocycles. The van der Waals surface area contributed by atoms with E-state index in [2.05, 4.69) is 10.1 Å². The van der Waals surface area contributed by atoms with E-state index in [1.54, 1.807) is 24.3 Å². The summed E-state index contributed by atoms with van der Waals surface area (Å²) in [5.74, 6) is 0.655. The van der Waals surface area contributed by atoms with Gasteiger partial charge in [-0.3, -0.25) is 0 Å². The van der Waals surface area contributed by atoms with Crippen LogP contribution in [-0.2, 0) is 11.2 Å². The van der Waals surface area contributed by atoms with Crippen LogP contribution in [0.4, 0.5) is 8.78 Å². The molecule has 7 heteroatoms. The van der Waals surface area contributed by atoms with Crippen molar-refractivity contribution in [2.24, 2.45) is 0 Å². The molecule has 1 heterocycles. The predicted molar refractivity (Wildman–Crippen MR) is 65.0 cm³/mol. The fourth-order valence-electron chi connectivity index (χ4n) is 1.53. The number of benzene rings is 1. The smallest absolute Gasteiger partial charge is 0.261 e. The van der Waals surface area contributed by atoms with Gasteiger partial charge in [0.25, 0.3) is 12.3 Å². The van der Waals surface area contributed by atoms with Crippen LogP contribution >= 0.6 is 0 Å². The summed E-state index contributed by atoms with van der Waals surface area (Å²) in [6.07, 6.45) is -2.20. The van der Waals surface area contributed by atoms with Crippen LogP contribution < -0.4 is 0 Å². The van der Waals surface area contributed by atoms with Gasteiger partial charge in [-0.1, -0.05) is 11.2 Å². The maximum absolute atomic E-state index is 11.9. The average molecular weight is 279 g/mol. The summed E-state index contributed by atoms with van der Waals surface area (Å²) in [7, 11) is 0. The van der Waals surface area contributed by atoms with Crippen molar-refractivity contribution in [2.45, 2.75) is 12.8 Å². The van der Waals surface area contributed by atoms with Gasteiger partial charge in [-0.2, -0.15) is 10.2 Å². The molecule has 0 aliphatic heterocycles. The van der Waals surface area contributed by atoms with E-state index >= 15 is 0 Å². The molecule has 0 radical (unpaired) electrons. The Bertz CT molecular complexity index is 608. The van der Waals surface area contributed by atoms with Gasteiger partial charge in [-0.25, -0.2) is 8.78 Å². The Labute approximate surface area is 113 Å². The molecule has 0 aliphatic rings. The third-order valence-electron chi connectivity index (χ3n) is 2.42. The van der Waals surface area contributed by atoms with Gasteiger partial charge in [-0.05, 0) is 18.2 Å². The molecule has 1 aromatic carbocycles. The number of nitriles is 1. The first-order valence-electron chi connectivity index (χ1n) is 5.88. The molecule has 0 aliphatic carbocycles. The van der Waals surface area contributed by atoms with Crippen molar-refractivity contribution in [3.63, 3.8) is 0 Å². The molecule has 2 rings (SSSR count). The molecule has 0 amide bonds. The standard InChI is InChI=1S/C13H11F2N3O2/c14-11(15)8-19-5-4-12-17-13(20-18-12)10-3-1-2-9(6-10)7-16/h1-3,6,11H,4-5,8H2. The maximum atomic E-state index is 11.9. The quantitative estimate of drug-likeness (QED) is 0.759. The van der Waals surface area contributed by atoms with Crippen LogP contribution in [0.25, 0.3) is 11.5 Å². The predicted octanol–water partition coefficient (Wildman–Crippen LogP) is 2.43. The number of hydrogen-bond acceptors (Lipinski definition) is 5. The molecule has 104 valence electrons. The average Bonchev–Trinajstić information content (AvgIpc) is 2.92. The molecular formula is C13H11F2N3O2. The van der Waals surface area contributed by atoms with Crippen LogP contribution in [0.3, 0.4) is 0 Å². The Morgan fingerprint density at radius 1 is 1.40 bits per heavy atom. The van der Waals surface area contributed by atoms with Crippen molar-refractivity contribution in [1.82, 2.24) is 10.1 Å². The highest BCUT2D eigenvalue weighted by atomic mass is 19.3. The Balaban J connectivity index is 1.96. The summed E-state index contributed by atoms with van der Waals surface area (Å²) < 4.78 is 33.5. The van der Waals surface area contributed by atoms with Crippen LogP contribution in [0, 0.1) is 11.3 Å². The Morgan fingerprint density at radius 2 is 2.25 bits per heavy atom. The number of alkyl halides is 2. The van der Waals surface area contributed by atoms with Crippen LogP contribution in [0.1, 0.15) is 11.4 Å². The van der Waals surface area contributed by atoms with Crippen LogP contribution in [0.5, 0.6) is 0 Å². The first-order chi connectivity index (χ1) is 9.69. The lowest BCUT2D eigenvalue weighted by Gasteiger charge is -1.99. The maximum Gasteiger partial charge on any atom is 0.261 e. The molecule has 0 bridgehead atoms. The molecule has 0 spiro atoms. The van der Waals surface area contributed by atoms with E-state index in [-0.39, 0.29) is 18.9 Å². The molecule has 20 heavy (non-hydrogen) atoms. The number of ether oxygens (including phenoxy) is 1. The largest absolute Gasteiger partial charge is 0.375 e. The van der Waals surface area contributed by atoms with E-state index in [9.17, 15) is 8.78 Å². The van der Waals surface area contributed by atoms with Gasteiger partial charge in [0.1, 0.15) is 6.61 Å². The van der Waals surface area contributed by atoms with Crippen molar-refractivity contribution in [3.05, 3.63) is 35.7 Å². The third-order valence-corrected chi connectivity index (χ3v) is 2.42. The van der Waals surface area contributed by atoms with Gasteiger partial charge in [0.2, 0.25) is 0 Å². The fraction of sp³-hybridized carbons (Fsp3) is 0.308. The highest BCUT2D eigenvalue weighted by molar-refractivity contribution is 5.55. The van der Waals surface area contributed by atoms with E-state index < -0.39 is 13.0 Å². The summed E-state index contributed by atoms with van der Waals surface area (Å²) in [6, 6.07) is 8.76. The van der Waals surface area contributed by atoms with Gasteiger partial charge < -0.3 is 9.26 Å². The molecule has 5 nitrogen and oxygen atoms in total. The molecule has 2 aromatic rings. The lowest BCUT2D eigenvalue weighted by molar-refractivity contribution is 0.0182. The van der Waals surface area contributed by atoms with Crippen LogP contribution in [0.2, 0.25) is 0 Å². The molecule has 0 atom stereocenters. The zero-order valence-corrected chi connectivity index (χ0v) is 10.4. The molecule has 0 fully saturated rings. The monoisotopic (exact) mass is 279 g/mol. The minimum absolute atomic E-state index is 0.0988. The first kappa shape index (κ1) is 14.1. The number of aromatic nitrogens is 2. The normalized spacial score (nSPS) is 10.7. The van der Waals surface area contributed by atoms with Gasteiger partial charge in [-0.15, -0.1) is 0 Å². The summed E-state index contributed by atoms with van der Waals surface area (Å²) in [4.78, 5) is 4.12. The fourth-order valence-corrected chi connectivity index (χ4v) is 1.53. The number of halogens is 2. The van der Waals surface area contributed by atoms with Crippen molar-refractivity contribution in [1.29, 1.82) is 5.26 Å². The summed E-state index contributed by atoms with van der Waals surface area (Å²) in [5, 5.41) is 12.5. The molecular weight excluding hydrogens is 268 g/mol. The van der Waals surface area contributed by atoms with Crippen LogP contribution in [0.15, 0.2) is 28.8 Å². The third kappa shape index (κ3) is 3.83. The lowest BCUT2D eigenvalue weighted by Crippen LogP contribution is -2.07. The number of nitrogens with zero attached hydrogens (tertiary/aromatic N) is 3. The van der Waals surface area contributed by atoms with E-state index in [0.717, 1.165) is 0 Å². The number of rotatable bonds is 6. The van der Waals surface area contributed by atoms with Gasteiger partial charge in [0, 0.05) is 12.0 Å². The Kier molecular flexibility index (Phi) is 4.74. The zero-order chi connectivity index (χ0) is 14.4. The Morgan fingerprint density at radius 3 is 3.00 bits per heavy atom. The molecule has 0 unspecified atom stereocenters. The van der Waals surface area contributed by atoms with Crippen LogP contribution in [-0.4, -0.2) is 29.8 Å². The second kappa shape index (κ2) is 6.73. The SMILES string of the molecule is N#Cc1cccc(-c2nc(CCOCC(F)F)no2)c1. The Hall–Kier alpha value is -2.33. The van der Waals surface area contributed by atoms with E-state index in [1.165, 1.54) is 0 Å². The summed E-state index contributed by atoms with van der Waals surface area (Å²) in [6.45, 7) is -0.504. The summed E-state index contributed by atoms with van der Waals surface area (Å²) >= 11 is 0. The minimum atomic E-state index is -2.48. The van der Waals surface area contributed by atoms with E-state index in [0.29, 0.717) is 17.0 Å². The van der Waals surface area contributed by atoms with Gasteiger partial charge >= 0.3 is 0 Å². The summed E-state index contributed by atoms with van der Waals surface area (Å²) in [5.41, 5.74) is 1.12. The lowest BCUT2D eigenvalue weighted by atomic mass is 10.1. The number of hydrogen-bond donors (Lipinski definition) is 0. The topological polar surface area (TPSA) is 71.9 Å². The van der Waals surface area contributed by atoms with Crippen molar-refractivity contribution < 1.29 is 18.0 Å². The second-order valence-electron chi connectivity index (χ2n) is 3.92.